The van der Waals surface area contributed by atoms with Gasteiger partial charge in [-0.3, -0.25) is 0 Å². The summed E-state index contributed by atoms with van der Waals surface area (Å²) in [6.45, 7) is 7.96. The number of nitrogens with zero attached hydrogens (tertiary/aromatic N) is 1. The van der Waals surface area contributed by atoms with Gasteiger partial charge in [-0.15, -0.1) is 0 Å². The Morgan fingerprint density at radius 2 is 2.38 bits per heavy atom. The van der Waals surface area contributed by atoms with Crippen LogP contribution < -0.4 is 5.43 Å². The molecule has 0 spiro atoms. The summed E-state index contributed by atoms with van der Waals surface area (Å²) in [5, 5.41) is 4.05. The van der Waals surface area contributed by atoms with Gasteiger partial charge >= 0.3 is 6.09 Å². The summed E-state index contributed by atoms with van der Waals surface area (Å²) in [7, 11) is 1.32. The number of methoxy groups -OCH3 is 1. The van der Waals surface area contributed by atoms with E-state index in [4.69, 9.17) is 0 Å². The minimum atomic E-state index is -0.544. The van der Waals surface area contributed by atoms with Gasteiger partial charge in [0.15, 0.2) is 0 Å². The van der Waals surface area contributed by atoms with Crippen molar-refractivity contribution in [2.75, 3.05) is 7.11 Å². The molecular formula is C12H18N2O2. The molecule has 0 saturated carbocycles. The summed E-state index contributed by atoms with van der Waals surface area (Å²) >= 11 is 0. The van der Waals surface area contributed by atoms with Crippen molar-refractivity contribution in [2.24, 2.45) is 11.0 Å². The molecule has 0 heterocycles. The number of carbonyl (C=O) groups is 1. The largest absolute Gasteiger partial charge is 0.452 e. The maximum atomic E-state index is 10.9. The van der Waals surface area contributed by atoms with E-state index in [1.165, 1.54) is 7.11 Å². The molecule has 0 unspecified atom stereocenters. The van der Waals surface area contributed by atoms with Crippen molar-refractivity contribution in [1.82, 2.24) is 5.43 Å². The predicted octanol–water partition coefficient (Wildman–Crippen LogP) is 2.63. The molecule has 1 N–H and O–H groups in total. The minimum Gasteiger partial charge on any atom is -0.452 e. The molecule has 1 atom stereocenters. The number of rotatable bonds is 2. The van der Waals surface area contributed by atoms with Crippen LogP contribution in [0, 0.1) is 5.92 Å². The van der Waals surface area contributed by atoms with Crippen LogP contribution in [0.3, 0.4) is 0 Å². The summed E-state index contributed by atoms with van der Waals surface area (Å²) < 4.78 is 4.46. The highest BCUT2D eigenvalue weighted by Gasteiger charge is 2.18. The summed E-state index contributed by atoms with van der Waals surface area (Å²) in [4.78, 5) is 10.9. The van der Waals surface area contributed by atoms with E-state index in [9.17, 15) is 4.79 Å². The fourth-order valence-corrected chi connectivity index (χ4v) is 1.58. The van der Waals surface area contributed by atoms with E-state index in [2.05, 4.69) is 27.9 Å². The van der Waals surface area contributed by atoms with Crippen LogP contribution in [-0.4, -0.2) is 18.9 Å². The van der Waals surface area contributed by atoms with Gasteiger partial charge in [-0.25, -0.2) is 10.2 Å². The third-order valence-corrected chi connectivity index (χ3v) is 2.77. The first-order valence-electron chi connectivity index (χ1n) is 5.27. The van der Waals surface area contributed by atoms with Crippen LogP contribution >= 0.6 is 0 Å². The molecule has 0 aromatic carbocycles. The van der Waals surface area contributed by atoms with E-state index >= 15 is 0 Å². The molecule has 0 aromatic heterocycles. The van der Waals surface area contributed by atoms with Gasteiger partial charge in [-0.05, 0) is 38.2 Å². The lowest BCUT2D eigenvalue weighted by molar-refractivity contribution is 0.171. The van der Waals surface area contributed by atoms with Gasteiger partial charge in [-0.2, -0.15) is 5.10 Å². The Bertz CT molecular complexity index is 356. The highest BCUT2D eigenvalue weighted by molar-refractivity contribution is 6.01. The number of ether oxygens (including phenoxy) is 1. The van der Waals surface area contributed by atoms with Crippen molar-refractivity contribution in [3.63, 3.8) is 0 Å². The summed E-state index contributed by atoms with van der Waals surface area (Å²) in [5.41, 5.74) is 5.49. The third-order valence-electron chi connectivity index (χ3n) is 2.77. The maximum absolute atomic E-state index is 10.9. The zero-order valence-electron chi connectivity index (χ0n) is 10.0. The molecule has 0 saturated heterocycles. The van der Waals surface area contributed by atoms with Gasteiger partial charge in [0.1, 0.15) is 0 Å². The quantitative estimate of drug-likeness (QED) is 0.576. The van der Waals surface area contributed by atoms with Crippen molar-refractivity contribution < 1.29 is 9.53 Å². The number of hydrogen-bond acceptors (Lipinski definition) is 3. The van der Waals surface area contributed by atoms with Crippen molar-refractivity contribution >= 4 is 11.8 Å². The van der Waals surface area contributed by atoms with Gasteiger partial charge < -0.3 is 4.74 Å². The van der Waals surface area contributed by atoms with E-state index in [1.807, 2.05) is 13.8 Å². The van der Waals surface area contributed by atoms with Crippen molar-refractivity contribution in [3.05, 3.63) is 23.8 Å². The molecule has 1 rings (SSSR count). The van der Waals surface area contributed by atoms with E-state index in [0.29, 0.717) is 5.92 Å². The zero-order chi connectivity index (χ0) is 12.1. The Morgan fingerprint density at radius 3 is 2.94 bits per heavy atom. The Labute approximate surface area is 96.1 Å². The molecule has 4 heteroatoms. The number of nitrogens with one attached hydrogen (secondary N) is 1. The van der Waals surface area contributed by atoms with Crippen LogP contribution in [0.5, 0.6) is 0 Å². The highest BCUT2D eigenvalue weighted by atomic mass is 16.5. The molecule has 0 aliphatic heterocycles. The summed E-state index contributed by atoms with van der Waals surface area (Å²) in [5.74, 6) is 0.418. The average molecular weight is 222 g/mol. The van der Waals surface area contributed by atoms with Gasteiger partial charge in [-0.1, -0.05) is 18.2 Å². The zero-order valence-corrected chi connectivity index (χ0v) is 10.0. The van der Waals surface area contributed by atoms with Crippen LogP contribution in [0.1, 0.15) is 26.7 Å². The van der Waals surface area contributed by atoms with Crippen LogP contribution in [-0.2, 0) is 4.74 Å². The van der Waals surface area contributed by atoms with Crippen molar-refractivity contribution in [3.8, 4) is 0 Å². The molecule has 0 radical (unpaired) electrons. The van der Waals surface area contributed by atoms with Crippen molar-refractivity contribution in [1.29, 1.82) is 0 Å². The SMILES string of the molecule is C=C(C)[C@H]1CC=C(C)C(=NNC(=O)OC)C1. The minimum absolute atomic E-state index is 0.418. The number of hydrogen-bond donors (Lipinski definition) is 1. The average Bonchev–Trinajstić information content (AvgIpc) is 2.27. The van der Waals surface area contributed by atoms with Gasteiger partial charge in [0.25, 0.3) is 0 Å². The van der Waals surface area contributed by atoms with E-state index in [-0.39, 0.29) is 0 Å². The van der Waals surface area contributed by atoms with Crippen LogP contribution in [0.25, 0.3) is 0 Å². The van der Waals surface area contributed by atoms with Gasteiger partial charge in [0, 0.05) is 0 Å². The van der Waals surface area contributed by atoms with Crippen LogP contribution in [0.15, 0.2) is 28.9 Å². The smallest absolute Gasteiger partial charge is 0.427 e. The Kier molecular flexibility index (Phi) is 4.28. The monoisotopic (exact) mass is 222 g/mol. The second kappa shape index (κ2) is 5.49. The van der Waals surface area contributed by atoms with Crippen molar-refractivity contribution in [2.45, 2.75) is 26.7 Å². The summed E-state index contributed by atoms with van der Waals surface area (Å²) in [6.07, 6.45) is 3.40. The number of hydrazone groups is 1. The second-order valence-electron chi connectivity index (χ2n) is 4.03. The Hall–Kier alpha value is -1.58. The van der Waals surface area contributed by atoms with E-state index in [1.54, 1.807) is 0 Å². The predicted molar refractivity (Wildman–Crippen MR) is 64.3 cm³/mol. The topological polar surface area (TPSA) is 50.7 Å². The normalized spacial score (nSPS) is 22.6. The molecule has 1 aliphatic rings. The molecule has 1 aliphatic carbocycles. The number of amides is 1. The van der Waals surface area contributed by atoms with Gasteiger partial charge in [0.05, 0.1) is 12.8 Å². The standard InChI is InChI=1S/C12H18N2O2/c1-8(2)10-6-5-9(3)11(7-10)13-14-12(15)16-4/h5,10H,1,6-7H2,2-4H3,(H,14,15)/t10-/m0/s1. The molecule has 4 nitrogen and oxygen atoms in total. The number of allylic oxidation sites excluding steroid dienone is 3. The fraction of sp³-hybridized carbons (Fsp3) is 0.500. The molecule has 0 fully saturated rings. The lowest BCUT2D eigenvalue weighted by Crippen LogP contribution is -2.22. The lowest BCUT2D eigenvalue weighted by atomic mass is 9.85. The molecule has 0 bridgehead atoms. The van der Waals surface area contributed by atoms with Crippen LogP contribution in [0.4, 0.5) is 4.79 Å². The number of carbonyl (C=O) groups excluding carboxylic acids is 1. The van der Waals surface area contributed by atoms with Gasteiger partial charge in [0.2, 0.25) is 0 Å². The Balaban J connectivity index is 2.71. The Morgan fingerprint density at radius 1 is 1.69 bits per heavy atom. The molecule has 0 aromatic rings. The van der Waals surface area contributed by atoms with E-state index in [0.717, 1.165) is 29.7 Å². The molecular weight excluding hydrogens is 204 g/mol. The summed E-state index contributed by atoms with van der Waals surface area (Å²) in [6, 6.07) is 0. The first kappa shape index (κ1) is 12.5. The molecule has 88 valence electrons. The second-order valence-corrected chi connectivity index (χ2v) is 4.03. The third kappa shape index (κ3) is 3.22. The first-order chi connectivity index (χ1) is 7.54. The van der Waals surface area contributed by atoms with E-state index < -0.39 is 6.09 Å². The lowest BCUT2D eigenvalue weighted by Gasteiger charge is -2.22. The van der Waals surface area contributed by atoms with Crippen LogP contribution in [0.2, 0.25) is 0 Å². The highest BCUT2D eigenvalue weighted by Crippen LogP contribution is 2.26. The maximum Gasteiger partial charge on any atom is 0.427 e. The molecule has 1 amide bonds. The molecule has 16 heavy (non-hydrogen) atoms. The fourth-order valence-electron chi connectivity index (χ4n) is 1.58. The first-order valence-corrected chi connectivity index (χ1v) is 5.27.